The zero-order chi connectivity index (χ0) is 19.6. The van der Waals surface area contributed by atoms with Crippen LogP contribution in [0, 0.1) is 0 Å². The minimum atomic E-state index is 0.880. The predicted molar refractivity (Wildman–Crippen MR) is 117 cm³/mol. The van der Waals surface area contributed by atoms with E-state index in [0.29, 0.717) is 0 Å². The van der Waals surface area contributed by atoms with Crippen molar-refractivity contribution in [1.82, 2.24) is 0 Å². The van der Waals surface area contributed by atoms with Crippen molar-refractivity contribution >= 4 is 0 Å². The van der Waals surface area contributed by atoms with Gasteiger partial charge >= 0.3 is 11.5 Å². The fraction of sp³-hybridized carbons (Fsp3) is 0.148. The van der Waals surface area contributed by atoms with Crippen molar-refractivity contribution in [2.45, 2.75) is 19.3 Å². The molecular formula is C27H23O2+. The Kier molecular flexibility index (Phi) is 4.61. The van der Waals surface area contributed by atoms with Gasteiger partial charge in [-0.15, -0.1) is 0 Å². The first-order valence-electron chi connectivity index (χ1n) is 10.1. The zero-order valence-corrected chi connectivity index (χ0v) is 16.5. The topological polar surface area (TPSA) is 20.5 Å². The monoisotopic (exact) mass is 379 g/mol. The SMILES string of the molecule is COc1ccc(Cc2cc(-c3ccccc3)[o+]c3c2CCc2ccccc2-3)cc1. The minimum absolute atomic E-state index is 0.880. The predicted octanol–water partition coefficient (Wildman–Crippen LogP) is 6.59. The Labute approximate surface area is 171 Å². The van der Waals surface area contributed by atoms with Crippen molar-refractivity contribution in [3.63, 3.8) is 0 Å². The normalized spacial score (nSPS) is 12.2. The molecular weight excluding hydrogens is 356 g/mol. The summed E-state index contributed by atoms with van der Waals surface area (Å²) in [5, 5.41) is 0. The highest BCUT2D eigenvalue weighted by molar-refractivity contribution is 5.72. The van der Waals surface area contributed by atoms with Crippen LogP contribution in [0.5, 0.6) is 5.75 Å². The van der Waals surface area contributed by atoms with Crippen molar-refractivity contribution in [2.24, 2.45) is 0 Å². The summed E-state index contributed by atoms with van der Waals surface area (Å²) < 4.78 is 11.8. The summed E-state index contributed by atoms with van der Waals surface area (Å²) in [6.07, 6.45) is 2.94. The standard InChI is InChI=1S/C27H23O2/c1-28-23-14-11-19(12-15-23)17-22-18-26(21-8-3-2-4-9-21)29-27-24-10-6-5-7-20(24)13-16-25(22)27/h2-12,14-15,18H,13,16-17H2,1H3/q+1. The molecule has 0 amide bonds. The first-order valence-corrected chi connectivity index (χ1v) is 10.1. The summed E-state index contributed by atoms with van der Waals surface area (Å²) in [5.41, 5.74) is 7.64. The average molecular weight is 379 g/mol. The van der Waals surface area contributed by atoms with Gasteiger partial charge < -0.3 is 4.74 Å². The van der Waals surface area contributed by atoms with Gasteiger partial charge in [-0.2, -0.15) is 0 Å². The number of hydrogen-bond donors (Lipinski definition) is 0. The van der Waals surface area contributed by atoms with Crippen molar-refractivity contribution in [3.8, 4) is 28.4 Å². The number of aryl methyl sites for hydroxylation is 1. The Morgan fingerprint density at radius 1 is 0.828 bits per heavy atom. The van der Waals surface area contributed by atoms with Gasteiger partial charge in [0.15, 0.2) is 0 Å². The van der Waals surface area contributed by atoms with Crippen LogP contribution in [0.1, 0.15) is 22.3 Å². The van der Waals surface area contributed by atoms with Crippen LogP contribution in [0.4, 0.5) is 0 Å². The zero-order valence-electron chi connectivity index (χ0n) is 16.5. The Hall–Kier alpha value is -3.39. The third-order valence-electron chi connectivity index (χ3n) is 5.70. The molecule has 0 bridgehead atoms. The molecule has 2 heteroatoms. The lowest BCUT2D eigenvalue weighted by molar-refractivity contribution is 0.414. The largest absolute Gasteiger partial charge is 0.497 e. The lowest BCUT2D eigenvalue weighted by Gasteiger charge is -2.16. The molecule has 142 valence electrons. The molecule has 0 fully saturated rings. The first-order chi connectivity index (χ1) is 14.3. The lowest BCUT2D eigenvalue weighted by Crippen LogP contribution is -2.08. The molecule has 0 N–H and O–H groups in total. The summed E-state index contributed by atoms with van der Waals surface area (Å²) in [7, 11) is 1.70. The lowest BCUT2D eigenvalue weighted by atomic mass is 9.85. The van der Waals surface area contributed by atoms with E-state index in [9.17, 15) is 0 Å². The summed E-state index contributed by atoms with van der Waals surface area (Å²) in [5.74, 6) is 2.83. The molecule has 0 saturated carbocycles. The summed E-state index contributed by atoms with van der Waals surface area (Å²) in [6.45, 7) is 0. The van der Waals surface area contributed by atoms with Gasteiger partial charge in [0.1, 0.15) is 5.75 Å². The van der Waals surface area contributed by atoms with E-state index in [1.807, 2.05) is 18.2 Å². The first kappa shape index (κ1) is 17.7. The van der Waals surface area contributed by atoms with Gasteiger partial charge in [0.2, 0.25) is 0 Å². The molecule has 1 aromatic heterocycles. The van der Waals surface area contributed by atoms with Gasteiger partial charge in [0.05, 0.1) is 23.8 Å². The molecule has 5 rings (SSSR count). The number of ether oxygens (including phenoxy) is 1. The molecule has 0 unspecified atom stereocenters. The molecule has 4 aromatic rings. The summed E-state index contributed by atoms with van der Waals surface area (Å²) in [4.78, 5) is 0. The molecule has 1 aliphatic rings. The van der Waals surface area contributed by atoms with E-state index in [0.717, 1.165) is 42.1 Å². The smallest absolute Gasteiger partial charge is 0.364 e. The molecule has 0 atom stereocenters. The van der Waals surface area contributed by atoms with Gasteiger partial charge in [0, 0.05) is 6.07 Å². The Bertz CT molecular complexity index is 1150. The van der Waals surface area contributed by atoms with Gasteiger partial charge in [-0.25, -0.2) is 4.42 Å². The maximum absolute atomic E-state index is 6.51. The summed E-state index contributed by atoms with van der Waals surface area (Å²) >= 11 is 0. The number of fused-ring (bicyclic) bond motifs is 3. The van der Waals surface area contributed by atoms with E-state index in [4.69, 9.17) is 9.15 Å². The maximum atomic E-state index is 6.51. The molecule has 0 aliphatic heterocycles. The Balaban J connectivity index is 1.65. The number of rotatable bonds is 4. The fourth-order valence-electron chi connectivity index (χ4n) is 4.17. The van der Waals surface area contributed by atoms with E-state index in [1.54, 1.807) is 7.11 Å². The highest BCUT2D eigenvalue weighted by atomic mass is 16.5. The molecule has 29 heavy (non-hydrogen) atoms. The molecule has 3 aromatic carbocycles. The highest BCUT2D eigenvalue weighted by Crippen LogP contribution is 2.39. The Morgan fingerprint density at radius 3 is 2.38 bits per heavy atom. The number of methoxy groups -OCH3 is 1. The molecule has 0 radical (unpaired) electrons. The molecule has 0 saturated heterocycles. The van der Waals surface area contributed by atoms with Crippen LogP contribution in [0.3, 0.4) is 0 Å². The van der Waals surface area contributed by atoms with Crippen molar-refractivity contribution in [3.05, 3.63) is 107 Å². The van der Waals surface area contributed by atoms with Crippen LogP contribution in [-0.4, -0.2) is 7.11 Å². The second-order valence-corrected chi connectivity index (χ2v) is 7.49. The number of benzene rings is 3. The summed E-state index contributed by atoms with van der Waals surface area (Å²) in [6, 6.07) is 29.6. The molecule has 2 nitrogen and oxygen atoms in total. The van der Waals surface area contributed by atoms with Crippen LogP contribution >= 0.6 is 0 Å². The van der Waals surface area contributed by atoms with Gasteiger partial charge in [-0.05, 0) is 66.3 Å². The molecule has 1 aliphatic carbocycles. The van der Waals surface area contributed by atoms with Crippen molar-refractivity contribution < 1.29 is 9.15 Å². The second kappa shape index (κ2) is 7.56. The highest BCUT2D eigenvalue weighted by Gasteiger charge is 2.31. The average Bonchev–Trinajstić information content (AvgIpc) is 2.80. The quantitative estimate of drug-likeness (QED) is 0.373. The van der Waals surface area contributed by atoms with Crippen LogP contribution in [-0.2, 0) is 19.3 Å². The van der Waals surface area contributed by atoms with E-state index < -0.39 is 0 Å². The van der Waals surface area contributed by atoms with Crippen LogP contribution in [0.2, 0.25) is 0 Å². The van der Waals surface area contributed by atoms with Crippen LogP contribution in [0.25, 0.3) is 22.6 Å². The van der Waals surface area contributed by atoms with Gasteiger partial charge in [-0.3, -0.25) is 0 Å². The van der Waals surface area contributed by atoms with Gasteiger partial charge in [-0.1, -0.05) is 48.5 Å². The van der Waals surface area contributed by atoms with Crippen LogP contribution < -0.4 is 4.74 Å². The Morgan fingerprint density at radius 2 is 1.59 bits per heavy atom. The third kappa shape index (κ3) is 3.42. The number of hydrogen-bond acceptors (Lipinski definition) is 1. The van der Waals surface area contributed by atoms with Crippen molar-refractivity contribution in [2.75, 3.05) is 7.11 Å². The van der Waals surface area contributed by atoms with Crippen LogP contribution in [0.15, 0.2) is 89.3 Å². The van der Waals surface area contributed by atoms with E-state index in [1.165, 1.54) is 27.8 Å². The van der Waals surface area contributed by atoms with E-state index >= 15 is 0 Å². The van der Waals surface area contributed by atoms with Gasteiger partial charge in [0.25, 0.3) is 0 Å². The molecule has 1 heterocycles. The van der Waals surface area contributed by atoms with E-state index in [-0.39, 0.29) is 0 Å². The third-order valence-corrected chi connectivity index (χ3v) is 5.70. The second-order valence-electron chi connectivity index (χ2n) is 7.49. The van der Waals surface area contributed by atoms with E-state index in [2.05, 4.69) is 66.7 Å². The maximum Gasteiger partial charge on any atom is 0.364 e. The fourth-order valence-corrected chi connectivity index (χ4v) is 4.17. The molecule has 0 spiro atoms. The van der Waals surface area contributed by atoms with Crippen molar-refractivity contribution in [1.29, 1.82) is 0 Å². The minimum Gasteiger partial charge on any atom is -0.497 e.